The molecule has 53 heavy (non-hydrogen) atoms. The van der Waals surface area contributed by atoms with Gasteiger partial charge in [-0.2, -0.15) is 0 Å². The van der Waals surface area contributed by atoms with Crippen LogP contribution in [-0.4, -0.2) is 15.0 Å². The van der Waals surface area contributed by atoms with Gasteiger partial charge in [-0.3, -0.25) is 0 Å². The van der Waals surface area contributed by atoms with Crippen LogP contribution in [0.5, 0.6) is 0 Å². The second-order valence-corrected chi connectivity index (χ2v) is 14.6. The Kier molecular flexibility index (Phi) is 6.73. The van der Waals surface area contributed by atoms with Crippen molar-refractivity contribution >= 4 is 74.6 Å². The van der Waals surface area contributed by atoms with Gasteiger partial charge in [0.25, 0.3) is 0 Å². The normalized spacial score (nSPS) is 11.8. The van der Waals surface area contributed by atoms with Crippen molar-refractivity contribution in [1.29, 1.82) is 0 Å². The Morgan fingerprint density at radius 3 is 1.64 bits per heavy atom. The minimum Gasteiger partial charge on any atom is -0.208 e. The third-order valence-corrected chi connectivity index (χ3v) is 11.8. The fourth-order valence-corrected chi connectivity index (χ4v) is 9.33. The number of thiophene rings is 1. The van der Waals surface area contributed by atoms with Crippen LogP contribution in [0.1, 0.15) is 0 Å². The molecule has 246 valence electrons. The summed E-state index contributed by atoms with van der Waals surface area (Å²) < 4.78 is 2.68. The largest absolute Gasteiger partial charge is 0.208 e. The van der Waals surface area contributed by atoms with Gasteiger partial charge < -0.3 is 0 Å². The Balaban J connectivity index is 1.08. The third kappa shape index (κ3) is 4.84. The van der Waals surface area contributed by atoms with E-state index in [4.69, 9.17) is 15.0 Å². The molecule has 0 saturated heterocycles. The van der Waals surface area contributed by atoms with Crippen LogP contribution in [-0.2, 0) is 0 Å². The number of aromatic nitrogens is 3. The standard InChI is InChI=1S/C49H29N3S/c1-2-13-34(14-3-1)47-50-48(52-49(51-47)41-20-10-15-30-11-4-6-16-36(30)41)35-25-22-32(23-26-35)42-29-43-40-28-27-33-24-21-31-12-5-7-17-37(31)44(33)46(40)53-45(43)39-19-9-8-18-38(39)42/h1-29H. The molecule has 0 amide bonds. The molecule has 0 N–H and O–H groups in total. The predicted molar refractivity (Wildman–Crippen MR) is 224 cm³/mol. The first-order valence-corrected chi connectivity index (χ1v) is 18.7. The summed E-state index contributed by atoms with van der Waals surface area (Å²) in [7, 11) is 0. The van der Waals surface area contributed by atoms with Crippen molar-refractivity contribution in [2.45, 2.75) is 0 Å². The molecule has 11 rings (SSSR count). The monoisotopic (exact) mass is 691 g/mol. The van der Waals surface area contributed by atoms with Gasteiger partial charge >= 0.3 is 0 Å². The molecule has 0 aliphatic heterocycles. The van der Waals surface area contributed by atoms with Crippen molar-refractivity contribution in [1.82, 2.24) is 15.0 Å². The maximum atomic E-state index is 5.10. The number of fused-ring (bicyclic) bond motifs is 10. The summed E-state index contributed by atoms with van der Waals surface area (Å²) in [6, 6.07) is 62.6. The number of nitrogens with zero attached hydrogens (tertiary/aromatic N) is 3. The highest BCUT2D eigenvalue weighted by atomic mass is 32.1. The van der Waals surface area contributed by atoms with E-state index in [2.05, 4.69) is 158 Å². The Morgan fingerprint density at radius 2 is 0.849 bits per heavy atom. The van der Waals surface area contributed by atoms with Gasteiger partial charge in [0.05, 0.1) is 0 Å². The minimum atomic E-state index is 0.650. The van der Waals surface area contributed by atoms with E-state index >= 15 is 0 Å². The summed E-state index contributed by atoms with van der Waals surface area (Å²) in [5.74, 6) is 1.97. The van der Waals surface area contributed by atoms with Gasteiger partial charge in [0.2, 0.25) is 0 Å². The second kappa shape index (κ2) is 11.9. The van der Waals surface area contributed by atoms with E-state index in [1.165, 1.54) is 58.1 Å². The van der Waals surface area contributed by atoms with Crippen LogP contribution in [0.4, 0.5) is 0 Å². The van der Waals surface area contributed by atoms with Gasteiger partial charge in [-0.25, -0.2) is 15.0 Å². The maximum Gasteiger partial charge on any atom is 0.164 e. The summed E-state index contributed by atoms with van der Waals surface area (Å²) in [6.45, 7) is 0. The van der Waals surface area contributed by atoms with E-state index in [-0.39, 0.29) is 0 Å². The van der Waals surface area contributed by atoms with E-state index in [1.54, 1.807) is 0 Å². The second-order valence-electron chi connectivity index (χ2n) is 13.6. The lowest BCUT2D eigenvalue weighted by atomic mass is 9.94. The fourth-order valence-electron chi connectivity index (χ4n) is 7.94. The number of benzene rings is 9. The zero-order valence-corrected chi connectivity index (χ0v) is 29.3. The first-order valence-electron chi connectivity index (χ1n) is 17.9. The van der Waals surface area contributed by atoms with Gasteiger partial charge in [0, 0.05) is 47.6 Å². The van der Waals surface area contributed by atoms with Crippen LogP contribution in [0.3, 0.4) is 0 Å². The van der Waals surface area contributed by atoms with Crippen molar-refractivity contribution < 1.29 is 0 Å². The van der Waals surface area contributed by atoms with Crippen LogP contribution < -0.4 is 0 Å². The minimum absolute atomic E-state index is 0.650. The van der Waals surface area contributed by atoms with Gasteiger partial charge in [-0.15, -0.1) is 11.3 Å². The smallest absolute Gasteiger partial charge is 0.164 e. The van der Waals surface area contributed by atoms with Crippen molar-refractivity contribution in [3.63, 3.8) is 0 Å². The molecule has 4 heteroatoms. The van der Waals surface area contributed by atoms with E-state index < -0.39 is 0 Å². The lowest BCUT2D eigenvalue weighted by Gasteiger charge is -2.12. The van der Waals surface area contributed by atoms with Gasteiger partial charge in [-0.05, 0) is 49.5 Å². The summed E-state index contributed by atoms with van der Waals surface area (Å²) >= 11 is 1.92. The Morgan fingerprint density at radius 1 is 0.302 bits per heavy atom. The Labute approximate surface area is 309 Å². The van der Waals surface area contributed by atoms with Crippen molar-refractivity contribution in [2.75, 3.05) is 0 Å². The number of rotatable bonds is 4. The molecule has 0 atom stereocenters. The first kappa shape index (κ1) is 29.9. The maximum absolute atomic E-state index is 5.10. The molecule has 9 aromatic carbocycles. The lowest BCUT2D eigenvalue weighted by molar-refractivity contribution is 1.08. The zero-order valence-electron chi connectivity index (χ0n) is 28.5. The molecule has 0 fully saturated rings. The lowest BCUT2D eigenvalue weighted by Crippen LogP contribution is -2.00. The molecule has 0 spiro atoms. The molecule has 0 unspecified atom stereocenters. The van der Waals surface area contributed by atoms with Crippen LogP contribution in [0.15, 0.2) is 176 Å². The molecule has 11 aromatic rings. The van der Waals surface area contributed by atoms with E-state index in [0.29, 0.717) is 17.5 Å². The van der Waals surface area contributed by atoms with Gasteiger partial charge in [0.1, 0.15) is 0 Å². The highest BCUT2D eigenvalue weighted by Gasteiger charge is 2.18. The molecule has 0 radical (unpaired) electrons. The van der Waals surface area contributed by atoms with E-state index in [1.807, 2.05) is 29.5 Å². The summed E-state index contributed by atoms with van der Waals surface area (Å²) in [6.07, 6.45) is 0. The SMILES string of the molecule is c1ccc(-c2nc(-c3ccc(-c4cc5c6ccc7ccc8ccccc8c7c6sc5c5ccccc45)cc3)nc(-c3cccc4ccccc34)n2)cc1. The molecule has 0 saturated carbocycles. The molecule has 2 aromatic heterocycles. The van der Waals surface area contributed by atoms with Crippen LogP contribution >= 0.6 is 11.3 Å². The van der Waals surface area contributed by atoms with Gasteiger partial charge in [0.15, 0.2) is 17.5 Å². The highest BCUT2D eigenvalue weighted by Crippen LogP contribution is 2.46. The predicted octanol–water partition coefficient (Wildman–Crippen LogP) is 13.5. The van der Waals surface area contributed by atoms with Gasteiger partial charge in [-0.1, -0.05) is 170 Å². The van der Waals surface area contributed by atoms with Crippen LogP contribution in [0.25, 0.3) is 109 Å². The zero-order chi connectivity index (χ0) is 34.9. The fraction of sp³-hybridized carbons (Fsp3) is 0. The number of hydrogen-bond donors (Lipinski definition) is 0. The molecule has 0 aliphatic rings. The van der Waals surface area contributed by atoms with Crippen molar-refractivity contribution in [3.05, 3.63) is 176 Å². The molecule has 2 heterocycles. The molecule has 0 bridgehead atoms. The topological polar surface area (TPSA) is 38.7 Å². The average Bonchev–Trinajstić information content (AvgIpc) is 3.62. The highest BCUT2D eigenvalue weighted by molar-refractivity contribution is 7.27. The van der Waals surface area contributed by atoms with Crippen molar-refractivity contribution in [2.24, 2.45) is 0 Å². The molecule has 3 nitrogen and oxygen atoms in total. The van der Waals surface area contributed by atoms with Crippen molar-refractivity contribution in [3.8, 4) is 45.3 Å². The average molecular weight is 692 g/mol. The third-order valence-electron chi connectivity index (χ3n) is 10.5. The molecule has 0 aliphatic carbocycles. The number of hydrogen-bond acceptors (Lipinski definition) is 4. The Hall–Kier alpha value is -6.75. The summed E-state index contributed by atoms with van der Waals surface area (Å²) in [5.41, 5.74) is 5.26. The molecular weight excluding hydrogens is 663 g/mol. The van der Waals surface area contributed by atoms with E-state index in [9.17, 15) is 0 Å². The molecular formula is C49H29N3S. The Bertz CT molecular complexity index is 3210. The van der Waals surface area contributed by atoms with E-state index in [0.717, 1.165) is 33.0 Å². The quantitative estimate of drug-likeness (QED) is 0.172. The first-order chi connectivity index (χ1) is 26.3. The summed E-state index contributed by atoms with van der Waals surface area (Å²) in [4.78, 5) is 15.1. The summed E-state index contributed by atoms with van der Waals surface area (Å²) in [5, 5.41) is 12.6. The van der Waals surface area contributed by atoms with Crippen LogP contribution in [0, 0.1) is 0 Å². The van der Waals surface area contributed by atoms with Crippen LogP contribution in [0.2, 0.25) is 0 Å².